The average Bonchev–Trinajstić information content (AvgIpc) is 3.55. The van der Waals surface area contributed by atoms with Gasteiger partial charge in [-0.3, -0.25) is 0 Å². The fourth-order valence-electron chi connectivity index (χ4n) is 3.30. The van der Waals surface area contributed by atoms with Gasteiger partial charge in [0.25, 0.3) is 0 Å². The second-order valence-corrected chi connectivity index (χ2v) is 6.91. The fraction of sp³-hybridized carbons (Fsp3) is 0.450. The highest BCUT2D eigenvalue weighted by Gasteiger charge is 2.26. The maximum atomic E-state index is 12.5. The molecular formula is C20H25N5O2. The molecule has 0 bridgehead atoms. The van der Waals surface area contributed by atoms with E-state index in [4.69, 9.17) is 4.74 Å². The fourth-order valence-corrected chi connectivity index (χ4v) is 3.30. The average molecular weight is 367 g/mol. The summed E-state index contributed by atoms with van der Waals surface area (Å²) < 4.78 is 5.73. The van der Waals surface area contributed by atoms with Crippen LogP contribution in [0.2, 0.25) is 0 Å². The normalized spacial score (nSPS) is 16.9. The van der Waals surface area contributed by atoms with Crippen LogP contribution in [0, 0.1) is 0 Å². The highest BCUT2D eigenvalue weighted by atomic mass is 16.5. The van der Waals surface area contributed by atoms with Gasteiger partial charge in [0.05, 0.1) is 30.4 Å². The number of piperazine rings is 1. The van der Waals surface area contributed by atoms with E-state index in [0.717, 1.165) is 30.4 Å². The van der Waals surface area contributed by atoms with Crippen LogP contribution in [-0.2, 0) is 0 Å². The molecule has 142 valence electrons. The van der Waals surface area contributed by atoms with E-state index in [0.29, 0.717) is 31.3 Å². The molecule has 2 fully saturated rings. The number of rotatable bonds is 5. The lowest BCUT2D eigenvalue weighted by Crippen LogP contribution is -2.50. The van der Waals surface area contributed by atoms with Crippen LogP contribution in [0.5, 0.6) is 5.75 Å². The van der Waals surface area contributed by atoms with Crippen molar-refractivity contribution in [3.63, 3.8) is 0 Å². The van der Waals surface area contributed by atoms with E-state index in [1.165, 1.54) is 12.8 Å². The van der Waals surface area contributed by atoms with Crippen molar-refractivity contribution in [2.24, 2.45) is 0 Å². The number of nitrogens with one attached hydrogen (secondary N) is 1. The van der Waals surface area contributed by atoms with E-state index in [1.807, 2.05) is 30.0 Å². The quantitative estimate of drug-likeness (QED) is 0.879. The molecule has 2 heterocycles. The number of para-hydroxylation sites is 2. The van der Waals surface area contributed by atoms with Crippen molar-refractivity contribution in [3.05, 3.63) is 42.5 Å². The van der Waals surface area contributed by atoms with E-state index >= 15 is 0 Å². The van der Waals surface area contributed by atoms with Gasteiger partial charge in [0.15, 0.2) is 0 Å². The Morgan fingerprint density at radius 2 is 1.85 bits per heavy atom. The first-order chi connectivity index (χ1) is 13.2. The second kappa shape index (κ2) is 7.82. The SMILES string of the molecule is CCOc1ccccc1N1CCN(C(=O)Nc2cnc(C3CC3)nc2)CC1. The number of carbonyl (C=O) groups is 1. The zero-order valence-electron chi connectivity index (χ0n) is 15.6. The molecule has 1 aromatic carbocycles. The lowest BCUT2D eigenvalue weighted by atomic mass is 10.2. The van der Waals surface area contributed by atoms with Crippen molar-refractivity contribution in [3.8, 4) is 5.75 Å². The van der Waals surface area contributed by atoms with Crippen LogP contribution in [0.25, 0.3) is 0 Å². The van der Waals surface area contributed by atoms with Crippen molar-refractivity contribution in [1.82, 2.24) is 14.9 Å². The van der Waals surface area contributed by atoms with Gasteiger partial charge in [0, 0.05) is 32.1 Å². The Hall–Kier alpha value is -2.83. The lowest BCUT2D eigenvalue weighted by molar-refractivity contribution is 0.208. The Morgan fingerprint density at radius 1 is 1.15 bits per heavy atom. The molecule has 1 saturated carbocycles. The number of nitrogens with zero attached hydrogens (tertiary/aromatic N) is 4. The van der Waals surface area contributed by atoms with Gasteiger partial charge in [0.2, 0.25) is 0 Å². The summed E-state index contributed by atoms with van der Waals surface area (Å²) in [5.41, 5.74) is 1.73. The Bertz CT molecular complexity index is 783. The molecule has 2 aliphatic rings. The first kappa shape index (κ1) is 17.6. The van der Waals surface area contributed by atoms with Crippen LogP contribution in [0.1, 0.15) is 31.5 Å². The summed E-state index contributed by atoms with van der Waals surface area (Å²) in [6.45, 7) is 5.49. The third-order valence-electron chi connectivity index (χ3n) is 4.94. The number of hydrogen-bond donors (Lipinski definition) is 1. The van der Waals surface area contributed by atoms with E-state index in [2.05, 4.69) is 26.3 Å². The minimum Gasteiger partial charge on any atom is -0.492 e. The van der Waals surface area contributed by atoms with Crippen molar-refractivity contribution >= 4 is 17.4 Å². The number of hydrogen-bond acceptors (Lipinski definition) is 5. The molecule has 7 nitrogen and oxygen atoms in total. The summed E-state index contributed by atoms with van der Waals surface area (Å²) in [4.78, 5) is 25.3. The molecule has 0 atom stereocenters. The number of urea groups is 1. The molecule has 0 unspecified atom stereocenters. The van der Waals surface area contributed by atoms with Gasteiger partial charge < -0.3 is 19.9 Å². The number of benzene rings is 1. The monoisotopic (exact) mass is 367 g/mol. The van der Waals surface area contributed by atoms with Crippen LogP contribution in [-0.4, -0.2) is 53.7 Å². The van der Waals surface area contributed by atoms with Gasteiger partial charge in [-0.15, -0.1) is 0 Å². The summed E-state index contributed by atoms with van der Waals surface area (Å²) in [6, 6.07) is 7.95. The molecule has 2 amide bonds. The molecule has 1 saturated heterocycles. The maximum absolute atomic E-state index is 12.5. The van der Waals surface area contributed by atoms with Gasteiger partial charge >= 0.3 is 6.03 Å². The summed E-state index contributed by atoms with van der Waals surface area (Å²) in [5, 5.41) is 2.90. The highest BCUT2D eigenvalue weighted by Crippen LogP contribution is 2.37. The zero-order chi connectivity index (χ0) is 18.6. The van der Waals surface area contributed by atoms with Crippen LogP contribution in [0.15, 0.2) is 36.7 Å². The summed E-state index contributed by atoms with van der Waals surface area (Å²) in [5.74, 6) is 2.29. The Kier molecular flexibility index (Phi) is 5.09. The molecular weight excluding hydrogens is 342 g/mol. The molecule has 4 rings (SSSR count). The van der Waals surface area contributed by atoms with Gasteiger partial charge in [0.1, 0.15) is 11.6 Å². The maximum Gasteiger partial charge on any atom is 0.322 e. The lowest BCUT2D eigenvalue weighted by Gasteiger charge is -2.36. The topological polar surface area (TPSA) is 70.6 Å². The highest BCUT2D eigenvalue weighted by molar-refractivity contribution is 5.89. The van der Waals surface area contributed by atoms with E-state index < -0.39 is 0 Å². The molecule has 1 N–H and O–H groups in total. The minimum atomic E-state index is -0.101. The van der Waals surface area contributed by atoms with Crippen molar-refractivity contribution in [1.29, 1.82) is 0 Å². The zero-order valence-corrected chi connectivity index (χ0v) is 15.6. The van der Waals surface area contributed by atoms with Gasteiger partial charge in [-0.25, -0.2) is 14.8 Å². The van der Waals surface area contributed by atoms with Gasteiger partial charge in [-0.2, -0.15) is 0 Å². The predicted molar refractivity (Wildman–Crippen MR) is 104 cm³/mol. The van der Waals surface area contributed by atoms with Crippen LogP contribution in [0.3, 0.4) is 0 Å². The predicted octanol–water partition coefficient (Wildman–Crippen LogP) is 3.11. The Balaban J connectivity index is 1.32. The third kappa shape index (κ3) is 4.13. The van der Waals surface area contributed by atoms with Crippen LogP contribution < -0.4 is 15.0 Å². The Labute approximate surface area is 159 Å². The summed E-state index contributed by atoms with van der Waals surface area (Å²) in [6.07, 6.45) is 5.74. The first-order valence-electron chi connectivity index (χ1n) is 9.59. The van der Waals surface area contributed by atoms with E-state index in [-0.39, 0.29) is 6.03 Å². The second-order valence-electron chi connectivity index (χ2n) is 6.91. The first-order valence-corrected chi connectivity index (χ1v) is 9.59. The standard InChI is InChI=1S/C20H25N5O2/c1-2-27-18-6-4-3-5-17(18)24-9-11-25(12-10-24)20(26)23-16-13-21-19(22-14-16)15-7-8-15/h3-6,13-15H,2,7-12H2,1H3,(H,23,26). The molecule has 1 aliphatic heterocycles. The third-order valence-corrected chi connectivity index (χ3v) is 4.94. The molecule has 1 aromatic heterocycles. The molecule has 27 heavy (non-hydrogen) atoms. The molecule has 2 aromatic rings. The smallest absolute Gasteiger partial charge is 0.322 e. The van der Waals surface area contributed by atoms with Crippen LogP contribution >= 0.6 is 0 Å². The van der Waals surface area contributed by atoms with Crippen molar-refractivity contribution in [2.75, 3.05) is 43.0 Å². The molecule has 0 spiro atoms. The number of anilines is 2. The van der Waals surface area contributed by atoms with Crippen LogP contribution in [0.4, 0.5) is 16.2 Å². The van der Waals surface area contributed by atoms with E-state index in [9.17, 15) is 4.79 Å². The van der Waals surface area contributed by atoms with Crippen molar-refractivity contribution in [2.45, 2.75) is 25.7 Å². The van der Waals surface area contributed by atoms with E-state index in [1.54, 1.807) is 12.4 Å². The Morgan fingerprint density at radius 3 is 2.52 bits per heavy atom. The number of ether oxygens (including phenoxy) is 1. The summed E-state index contributed by atoms with van der Waals surface area (Å²) in [7, 11) is 0. The molecule has 0 radical (unpaired) electrons. The largest absolute Gasteiger partial charge is 0.492 e. The van der Waals surface area contributed by atoms with Gasteiger partial charge in [-0.1, -0.05) is 12.1 Å². The number of amides is 2. The number of carbonyl (C=O) groups excluding carboxylic acids is 1. The molecule has 7 heteroatoms. The van der Waals surface area contributed by atoms with Gasteiger partial charge in [-0.05, 0) is 31.9 Å². The number of aromatic nitrogens is 2. The minimum absolute atomic E-state index is 0.101. The van der Waals surface area contributed by atoms with Crippen molar-refractivity contribution < 1.29 is 9.53 Å². The molecule has 1 aliphatic carbocycles. The summed E-state index contributed by atoms with van der Waals surface area (Å²) >= 11 is 0.